The summed E-state index contributed by atoms with van der Waals surface area (Å²) >= 11 is 0. The number of hydrogen-bond donors (Lipinski definition) is 2. The number of fused-ring (bicyclic) bond motifs is 3. The molecule has 1 aromatic heterocycles. The molecule has 2 N–H and O–H groups in total. The number of rotatable bonds is 0. The molecule has 16 heavy (non-hydrogen) atoms. The molecule has 0 bridgehead atoms. The fraction of sp³-hybridized carbons (Fsp3) is 0.692. The van der Waals surface area contributed by atoms with Crippen molar-refractivity contribution in [3.8, 4) is 0 Å². The lowest BCUT2D eigenvalue weighted by Crippen LogP contribution is -3.09. The third-order valence-corrected chi connectivity index (χ3v) is 4.40. The quantitative estimate of drug-likeness (QED) is 0.512. The van der Waals surface area contributed by atoms with Gasteiger partial charge in [0, 0.05) is 42.4 Å². The zero-order valence-electron chi connectivity index (χ0n) is 10.7. The van der Waals surface area contributed by atoms with Gasteiger partial charge in [0.1, 0.15) is 13.1 Å². The Hall–Kier alpha value is -0.800. The molecule has 3 rings (SSSR count). The summed E-state index contributed by atoms with van der Waals surface area (Å²) in [5.41, 5.74) is 6.62. The maximum atomic E-state index is 2.50. The van der Waals surface area contributed by atoms with E-state index in [1.165, 1.54) is 39.0 Å². The summed E-state index contributed by atoms with van der Waals surface area (Å²) in [4.78, 5) is 3.34. The number of quaternary nitrogens is 2. The number of nitrogens with zero attached hydrogens (tertiary/aromatic N) is 1. The van der Waals surface area contributed by atoms with Crippen LogP contribution < -0.4 is 9.80 Å². The van der Waals surface area contributed by atoms with Gasteiger partial charge in [-0.2, -0.15) is 0 Å². The molecule has 0 radical (unpaired) electrons. The average molecular weight is 221 g/mol. The smallest absolute Gasteiger partial charge is 0.105 e. The van der Waals surface area contributed by atoms with Crippen molar-refractivity contribution < 1.29 is 9.80 Å². The van der Waals surface area contributed by atoms with Crippen LogP contribution in [0, 0.1) is 0 Å². The molecule has 0 saturated heterocycles. The average Bonchev–Trinajstić information content (AvgIpc) is 2.52. The maximum absolute atomic E-state index is 2.50. The SMILES string of the molecule is Cn1c2c(c3c1CC[NH+](C)C3)C[NH+](C)CC2. The molecule has 2 atom stereocenters. The molecule has 0 fully saturated rings. The monoisotopic (exact) mass is 221 g/mol. The standard InChI is InChI=1S/C13H21N3/c1-14-6-4-12-10(8-14)11-9-15(2)7-5-13(11)16(12)3/h4-9H2,1-3H3/p+2. The van der Waals surface area contributed by atoms with Gasteiger partial charge in [-0.05, 0) is 0 Å². The Morgan fingerprint density at radius 3 is 1.75 bits per heavy atom. The van der Waals surface area contributed by atoms with Crippen molar-refractivity contribution in [2.24, 2.45) is 7.05 Å². The van der Waals surface area contributed by atoms with E-state index in [-0.39, 0.29) is 0 Å². The third kappa shape index (κ3) is 1.42. The second-order valence-electron chi connectivity index (χ2n) is 5.68. The summed E-state index contributed by atoms with van der Waals surface area (Å²) in [6, 6.07) is 0. The van der Waals surface area contributed by atoms with Gasteiger partial charge in [0.2, 0.25) is 0 Å². The first-order chi connectivity index (χ1) is 7.66. The summed E-state index contributed by atoms with van der Waals surface area (Å²) in [7, 11) is 6.92. The summed E-state index contributed by atoms with van der Waals surface area (Å²) in [6.07, 6.45) is 2.54. The number of hydrogen-bond acceptors (Lipinski definition) is 0. The van der Waals surface area contributed by atoms with Crippen LogP contribution >= 0.6 is 0 Å². The van der Waals surface area contributed by atoms with E-state index in [4.69, 9.17) is 0 Å². The normalized spacial score (nSPS) is 28.7. The van der Waals surface area contributed by atoms with Crippen LogP contribution in [-0.4, -0.2) is 31.8 Å². The van der Waals surface area contributed by atoms with Crippen LogP contribution in [0.4, 0.5) is 0 Å². The molecule has 0 amide bonds. The minimum atomic E-state index is 1.24. The maximum Gasteiger partial charge on any atom is 0.105 e. The lowest BCUT2D eigenvalue weighted by Gasteiger charge is -2.23. The Bertz CT molecular complexity index is 382. The summed E-state index contributed by atoms with van der Waals surface area (Å²) in [5.74, 6) is 0. The van der Waals surface area contributed by atoms with Crippen molar-refractivity contribution in [1.29, 1.82) is 0 Å². The second kappa shape index (κ2) is 3.60. The van der Waals surface area contributed by atoms with E-state index in [0.717, 1.165) is 0 Å². The van der Waals surface area contributed by atoms with Crippen LogP contribution in [0.2, 0.25) is 0 Å². The summed E-state index contributed by atoms with van der Waals surface area (Å²) < 4.78 is 2.50. The van der Waals surface area contributed by atoms with Gasteiger partial charge in [0.25, 0.3) is 0 Å². The Balaban J connectivity index is 2.10. The van der Waals surface area contributed by atoms with E-state index in [0.29, 0.717) is 0 Å². The lowest BCUT2D eigenvalue weighted by molar-refractivity contribution is -0.899. The van der Waals surface area contributed by atoms with Crippen molar-refractivity contribution in [2.45, 2.75) is 25.9 Å². The highest BCUT2D eigenvalue weighted by molar-refractivity contribution is 5.39. The van der Waals surface area contributed by atoms with Gasteiger partial charge in [-0.3, -0.25) is 0 Å². The molecule has 1 aromatic rings. The molecular formula is C13H23N3+2. The number of nitrogens with one attached hydrogen (secondary N) is 2. The van der Waals surface area contributed by atoms with E-state index >= 15 is 0 Å². The van der Waals surface area contributed by atoms with Gasteiger partial charge >= 0.3 is 0 Å². The molecule has 2 unspecified atom stereocenters. The molecule has 2 aliphatic heterocycles. The molecule has 2 aliphatic rings. The van der Waals surface area contributed by atoms with Gasteiger partial charge < -0.3 is 14.4 Å². The minimum Gasteiger partial charge on any atom is -0.350 e. The molecule has 0 aliphatic carbocycles. The van der Waals surface area contributed by atoms with Crippen molar-refractivity contribution in [3.63, 3.8) is 0 Å². The first kappa shape index (κ1) is 10.4. The largest absolute Gasteiger partial charge is 0.350 e. The van der Waals surface area contributed by atoms with E-state index in [2.05, 4.69) is 25.7 Å². The van der Waals surface area contributed by atoms with Crippen LogP contribution in [0.1, 0.15) is 22.5 Å². The van der Waals surface area contributed by atoms with Crippen molar-refractivity contribution in [1.82, 2.24) is 4.57 Å². The summed E-state index contributed by atoms with van der Waals surface area (Å²) in [5, 5.41) is 0. The van der Waals surface area contributed by atoms with Gasteiger partial charge in [0.05, 0.1) is 27.2 Å². The van der Waals surface area contributed by atoms with Crippen LogP contribution in [0.25, 0.3) is 0 Å². The Labute approximate surface area is 97.6 Å². The van der Waals surface area contributed by atoms with Crippen molar-refractivity contribution >= 4 is 0 Å². The van der Waals surface area contributed by atoms with E-state index < -0.39 is 0 Å². The highest BCUT2D eigenvalue weighted by atomic mass is 15.1. The van der Waals surface area contributed by atoms with Crippen LogP contribution in [0.3, 0.4) is 0 Å². The predicted octanol–water partition coefficient (Wildman–Crippen LogP) is -1.83. The van der Waals surface area contributed by atoms with Gasteiger partial charge in [0.15, 0.2) is 0 Å². The molecule has 0 spiro atoms. The van der Waals surface area contributed by atoms with Crippen molar-refractivity contribution in [3.05, 3.63) is 22.5 Å². The molecular weight excluding hydrogens is 198 g/mol. The van der Waals surface area contributed by atoms with E-state index in [1.54, 1.807) is 32.3 Å². The third-order valence-electron chi connectivity index (χ3n) is 4.40. The first-order valence-electron chi connectivity index (χ1n) is 6.47. The Kier molecular flexibility index (Phi) is 2.33. The number of likely N-dealkylation sites (N-methyl/N-ethyl adjacent to an activating group) is 2. The van der Waals surface area contributed by atoms with Crippen LogP contribution in [-0.2, 0) is 33.0 Å². The fourth-order valence-electron chi connectivity index (χ4n) is 3.41. The fourth-order valence-corrected chi connectivity index (χ4v) is 3.41. The van der Waals surface area contributed by atoms with Gasteiger partial charge in [-0.15, -0.1) is 0 Å². The minimum absolute atomic E-state index is 1.24. The van der Waals surface area contributed by atoms with E-state index in [9.17, 15) is 0 Å². The molecule has 0 saturated carbocycles. The topological polar surface area (TPSA) is 13.8 Å². The van der Waals surface area contributed by atoms with Crippen molar-refractivity contribution in [2.75, 3.05) is 27.2 Å². The summed E-state index contributed by atoms with van der Waals surface area (Å²) in [6.45, 7) is 5.08. The zero-order chi connectivity index (χ0) is 11.3. The number of aromatic nitrogens is 1. The van der Waals surface area contributed by atoms with Crippen LogP contribution in [0.15, 0.2) is 0 Å². The lowest BCUT2D eigenvalue weighted by atomic mass is 10.00. The van der Waals surface area contributed by atoms with Crippen LogP contribution in [0.5, 0.6) is 0 Å². The predicted molar refractivity (Wildman–Crippen MR) is 63.7 cm³/mol. The second-order valence-corrected chi connectivity index (χ2v) is 5.68. The molecule has 88 valence electrons. The first-order valence-corrected chi connectivity index (χ1v) is 6.47. The van der Waals surface area contributed by atoms with E-state index in [1.807, 2.05) is 0 Å². The van der Waals surface area contributed by atoms with Gasteiger partial charge in [-0.25, -0.2) is 0 Å². The molecule has 0 aromatic carbocycles. The highest BCUT2D eigenvalue weighted by Gasteiger charge is 2.30. The highest BCUT2D eigenvalue weighted by Crippen LogP contribution is 2.24. The molecule has 3 heterocycles. The molecule has 3 heteroatoms. The molecule has 3 nitrogen and oxygen atoms in total. The Morgan fingerprint density at radius 2 is 1.31 bits per heavy atom. The Morgan fingerprint density at radius 1 is 0.875 bits per heavy atom. The zero-order valence-corrected chi connectivity index (χ0v) is 10.7. The van der Waals surface area contributed by atoms with Gasteiger partial charge in [-0.1, -0.05) is 0 Å².